The molecule has 0 aromatic heterocycles. The molecule has 92 valence electrons. The Morgan fingerprint density at radius 2 is 2.18 bits per heavy atom. The molecule has 0 amide bonds. The lowest BCUT2D eigenvalue weighted by atomic mass is 9.86. The molecule has 1 nitrogen and oxygen atoms in total. The fraction of sp³-hybridized carbons (Fsp3) is 0.625. The van der Waals surface area contributed by atoms with E-state index in [0.717, 1.165) is 11.8 Å². The second-order valence-electron chi connectivity index (χ2n) is 5.71. The van der Waals surface area contributed by atoms with Crippen LogP contribution in [0.5, 0.6) is 0 Å². The molecule has 1 aromatic rings. The van der Waals surface area contributed by atoms with Gasteiger partial charge in [0, 0.05) is 6.54 Å². The predicted octanol–water partition coefficient (Wildman–Crippen LogP) is 3.45. The number of rotatable bonds is 3. The maximum atomic E-state index is 2.69. The molecule has 1 aromatic carbocycles. The van der Waals surface area contributed by atoms with Crippen LogP contribution >= 0.6 is 0 Å². The lowest BCUT2D eigenvalue weighted by Gasteiger charge is -2.35. The summed E-state index contributed by atoms with van der Waals surface area (Å²) in [7, 11) is 0. The summed E-state index contributed by atoms with van der Waals surface area (Å²) < 4.78 is 0. The van der Waals surface area contributed by atoms with E-state index < -0.39 is 0 Å². The van der Waals surface area contributed by atoms with Gasteiger partial charge in [-0.15, -0.1) is 0 Å². The van der Waals surface area contributed by atoms with Gasteiger partial charge < -0.3 is 4.90 Å². The quantitative estimate of drug-likeness (QED) is 0.767. The van der Waals surface area contributed by atoms with Crippen LogP contribution in [0, 0.1) is 5.92 Å². The molecule has 1 heteroatoms. The van der Waals surface area contributed by atoms with Gasteiger partial charge >= 0.3 is 0 Å². The second-order valence-corrected chi connectivity index (χ2v) is 5.71. The van der Waals surface area contributed by atoms with Crippen molar-refractivity contribution in [1.82, 2.24) is 4.90 Å². The van der Waals surface area contributed by atoms with E-state index in [1.54, 1.807) is 11.1 Å². The van der Waals surface area contributed by atoms with Crippen LogP contribution in [0.15, 0.2) is 24.3 Å². The van der Waals surface area contributed by atoms with Crippen LogP contribution in [0.4, 0.5) is 0 Å². The summed E-state index contributed by atoms with van der Waals surface area (Å²) in [6.45, 7) is 6.25. The molecule has 1 aliphatic heterocycles. The van der Waals surface area contributed by atoms with Gasteiger partial charge in [-0.2, -0.15) is 0 Å². The maximum Gasteiger partial charge on any atom is 0.00187 e. The molecule has 2 atom stereocenters. The van der Waals surface area contributed by atoms with Crippen molar-refractivity contribution >= 4 is 0 Å². The number of piperidine rings is 1. The molecule has 2 aliphatic rings. The van der Waals surface area contributed by atoms with Crippen molar-refractivity contribution in [2.45, 2.75) is 38.5 Å². The standard InChI is InChI=1S/C16H23N/c1-2-3-9-17-10-8-16-14(12-17)11-13-6-4-5-7-15(13)16/h4-7,14,16H,2-3,8-12H2,1H3/t14-,16-/m1/s1. The number of likely N-dealkylation sites (tertiary alicyclic amines) is 1. The summed E-state index contributed by atoms with van der Waals surface area (Å²) in [5, 5.41) is 0. The summed E-state index contributed by atoms with van der Waals surface area (Å²) in [4.78, 5) is 2.69. The van der Waals surface area contributed by atoms with Crippen molar-refractivity contribution in [3.05, 3.63) is 35.4 Å². The zero-order chi connectivity index (χ0) is 11.7. The molecule has 0 N–H and O–H groups in total. The van der Waals surface area contributed by atoms with Gasteiger partial charge in [0.2, 0.25) is 0 Å². The maximum absolute atomic E-state index is 2.69. The van der Waals surface area contributed by atoms with Crippen LogP contribution in [-0.4, -0.2) is 24.5 Å². The number of hydrogen-bond donors (Lipinski definition) is 0. The largest absolute Gasteiger partial charge is 0.303 e. The van der Waals surface area contributed by atoms with Crippen molar-refractivity contribution in [2.75, 3.05) is 19.6 Å². The number of hydrogen-bond acceptors (Lipinski definition) is 1. The van der Waals surface area contributed by atoms with Gasteiger partial charge in [-0.3, -0.25) is 0 Å². The summed E-state index contributed by atoms with van der Waals surface area (Å²) >= 11 is 0. The molecule has 0 unspecified atom stereocenters. The third-order valence-electron chi connectivity index (χ3n) is 4.58. The molecule has 0 bridgehead atoms. The Hall–Kier alpha value is -0.820. The Bertz CT molecular complexity index is 385. The Morgan fingerprint density at radius 3 is 3.06 bits per heavy atom. The summed E-state index contributed by atoms with van der Waals surface area (Å²) in [5.41, 5.74) is 3.28. The van der Waals surface area contributed by atoms with Gasteiger partial charge in [0.1, 0.15) is 0 Å². The van der Waals surface area contributed by atoms with E-state index in [2.05, 4.69) is 36.1 Å². The van der Waals surface area contributed by atoms with E-state index in [-0.39, 0.29) is 0 Å². The lowest BCUT2D eigenvalue weighted by molar-refractivity contribution is 0.160. The van der Waals surface area contributed by atoms with Gasteiger partial charge in [-0.05, 0) is 55.3 Å². The lowest BCUT2D eigenvalue weighted by Crippen LogP contribution is -2.38. The van der Waals surface area contributed by atoms with Crippen LogP contribution in [0.2, 0.25) is 0 Å². The van der Waals surface area contributed by atoms with Crippen LogP contribution < -0.4 is 0 Å². The highest BCUT2D eigenvalue weighted by atomic mass is 15.1. The van der Waals surface area contributed by atoms with Crippen molar-refractivity contribution < 1.29 is 0 Å². The summed E-state index contributed by atoms with van der Waals surface area (Å²) in [6, 6.07) is 9.11. The summed E-state index contributed by atoms with van der Waals surface area (Å²) in [6.07, 6.45) is 5.39. The molecular weight excluding hydrogens is 206 g/mol. The fourth-order valence-electron chi connectivity index (χ4n) is 3.67. The fourth-order valence-corrected chi connectivity index (χ4v) is 3.67. The van der Waals surface area contributed by atoms with Gasteiger partial charge in [0.15, 0.2) is 0 Å². The topological polar surface area (TPSA) is 3.24 Å². The van der Waals surface area contributed by atoms with Crippen LogP contribution in [-0.2, 0) is 6.42 Å². The van der Waals surface area contributed by atoms with Crippen molar-refractivity contribution in [3.8, 4) is 0 Å². The molecule has 0 saturated carbocycles. The molecule has 3 rings (SSSR count). The third kappa shape index (κ3) is 2.13. The van der Waals surface area contributed by atoms with E-state index >= 15 is 0 Å². The van der Waals surface area contributed by atoms with E-state index in [1.165, 1.54) is 45.3 Å². The Kier molecular flexibility index (Phi) is 3.19. The number of benzene rings is 1. The molecule has 1 saturated heterocycles. The van der Waals surface area contributed by atoms with E-state index in [9.17, 15) is 0 Å². The first-order chi connectivity index (χ1) is 8.38. The van der Waals surface area contributed by atoms with E-state index in [4.69, 9.17) is 0 Å². The highest BCUT2D eigenvalue weighted by Gasteiger charge is 2.36. The minimum atomic E-state index is 0.865. The zero-order valence-corrected chi connectivity index (χ0v) is 10.9. The monoisotopic (exact) mass is 229 g/mol. The molecule has 1 fully saturated rings. The molecule has 1 heterocycles. The average molecular weight is 229 g/mol. The van der Waals surface area contributed by atoms with Crippen molar-refractivity contribution in [1.29, 1.82) is 0 Å². The summed E-state index contributed by atoms with van der Waals surface area (Å²) in [5.74, 6) is 1.77. The molecule has 0 radical (unpaired) electrons. The number of nitrogens with zero attached hydrogens (tertiary/aromatic N) is 1. The van der Waals surface area contributed by atoms with Gasteiger partial charge in [-0.25, -0.2) is 0 Å². The third-order valence-corrected chi connectivity index (χ3v) is 4.58. The van der Waals surface area contributed by atoms with Crippen LogP contribution in [0.25, 0.3) is 0 Å². The Morgan fingerprint density at radius 1 is 1.29 bits per heavy atom. The first-order valence-corrected chi connectivity index (χ1v) is 7.18. The van der Waals surface area contributed by atoms with Crippen molar-refractivity contribution in [2.24, 2.45) is 5.92 Å². The zero-order valence-electron chi connectivity index (χ0n) is 10.9. The minimum Gasteiger partial charge on any atom is -0.303 e. The highest BCUT2D eigenvalue weighted by Crippen LogP contribution is 2.42. The van der Waals surface area contributed by atoms with Gasteiger partial charge in [0.25, 0.3) is 0 Å². The predicted molar refractivity (Wildman–Crippen MR) is 72.3 cm³/mol. The first kappa shape index (κ1) is 11.3. The highest BCUT2D eigenvalue weighted by molar-refractivity contribution is 5.36. The number of unbranched alkanes of at least 4 members (excludes halogenated alkanes) is 1. The molecule has 17 heavy (non-hydrogen) atoms. The molecular formula is C16H23N. The second kappa shape index (κ2) is 4.81. The SMILES string of the molecule is CCCCN1CC[C@H]2c3ccccc3C[C@@H]2C1. The van der Waals surface area contributed by atoms with E-state index in [0.29, 0.717) is 0 Å². The van der Waals surface area contributed by atoms with Gasteiger partial charge in [-0.1, -0.05) is 37.6 Å². The van der Waals surface area contributed by atoms with Crippen LogP contribution in [0.1, 0.15) is 43.2 Å². The Labute approximate surface area is 105 Å². The smallest absolute Gasteiger partial charge is 0.00187 e. The Balaban J connectivity index is 1.69. The van der Waals surface area contributed by atoms with Crippen molar-refractivity contribution in [3.63, 3.8) is 0 Å². The normalized spacial score (nSPS) is 27.8. The minimum absolute atomic E-state index is 0.865. The van der Waals surface area contributed by atoms with Crippen LogP contribution in [0.3, 0.4) is 0 Å². The first-order valence-electron chi connectivity index (χ1n) is 7.18. The number of fused-ring (bicyclic) bond motifs is 3. The molecule has 1 aliphatic carbocycles. The van der Waals surface area contributed by atoms with Gasteiger partial charge in [0.05, 0.1) is 0 Å². The molecule has 0 spiro atoms. The van der Waals surface area contributed by atoms with E-state index in [1.807, 2.05) is 0 Å². The average Bonchev–Trinajstić information content (AvgIpc) is 2.74.